The molecule has 0 aliphatic heterocycles. The molecule has 0 aromatic rings. The molecule has 2 heteroatoms. The van der Waals surface area contributed by atoms with Crippen LogP contribution < -0.4 is 0 Å². The molecule has 2 aliphatic carbocycles. The third-order valence-electron chi connectivity index (χ3n) is 5.67. The molecule has 0 atom stereocenters. The van der Waals surface area contributed by atoms with Gasteiger partial charge in [-0.25, -0.2) is 0 Å². The number of allylic oxidation sites excluding steroid dienone is 6. The molecule has 0 spiro atoms. The van der Waals surface area contributed by atoms with Crippen LogP contribution in [-0.2, 0) is 0 Å². The van der Waals surface area contributed by atoms with Crippen molar-refractivity contribution in [1.29, 1.82) is 5.26 Å². The summed E-state index contributed by atoms with van der Waals surface area (Å²) < 4.78 is 12.7. The van der Waals surface area contributed by atoms with Crippen LogP contribution in [0.25, 0.3) is 0 Å². The van der Waals surface area contributed by atoms with E-state index in [-0.39, 0.29) is 0 Å². The van der Waals surface area contributed by atoms with Gasteiger partial charge in [-0.3, -0.25) is 0 Å². The summed E-state index contributed by atoms with van der Waals surface area (Å²) in [7, 11) is 0. The van der Waals surface area contributed by atoms with Gasteiger partial charge in [-0.2, -0.15) is 9.65 Å². The minimum atomic E-state index is -0.712. The van der Waals surface area contributed by atoms with E-state index in [1.165, 1.54) is 69.9 Å². The summed E-state index contributed by atoms with van der Waals surface area (Å²) in [5.41, 5.74) is 0. The zero-order valence-corrected chi connectivity index (χ0v) is 14.4. The van der Waals surface area contributed by atoms with E-state index in [0.717, 1.165) is 17.8 Å². The highest BCUT2D eigenvalue weighted by Crippen LogP contribution is 2.34. The lowest BCUT2D eigenvalue weighted by Gasteiger charge is -2.27. The van der Waals surface area contributed by atoms with Crippen LogP contribution in [-0.4, -0.2) is 0 Å². The minimum absolute atomic E-state index is 0.544. The Bertz CT molecular complexity index is 467. The number of rotatable bonds is 5. The van der Waals surface area contributed by atoms with Gasteiger partial charge in [0.2, 0.25) is 0 Å². The Hall–Kier alpha value is -1.36. The fraction of sp³-hybridized carbons (Fsp3) is 0.667. The average molecular weight is 315 g/mol. The molecule has 0 N–H and O–H groups in total. The van der Waals surface area contributed by atoms with Crippen molar-refractivity contribution in [2.45, 2.75) is 64.7 Å². The zero-order valence-electron chi connectivity index (χ0n) is 14.4. The molecule has 23 heavy (non-hydrogen) atoms. The largest absolute Gasteiger partial charge is 0.199 e. The van der Waals surface area contributed by atoms with Crippen molar-refractivity contribution < 1.29 is 4.39 Å². The van der Waals surface area contributed by atoms with Gasteiger partial charge in [0.25, 0.3) is 0 Å². The predicted molar refractivity (Wildman–Crippen MR) is 94.3 cm³/mol. The molecule has 1 nitrogen and oxygen atoms in total. The van der Waals surface area contributed by atoms with Crippen molar-refractivity contribution in [2.75, 3.05) is 0 Å². The van der Waals surface area contributed by atoms with Crippen LogP contribution in [0.2, 0.25) is 0 Å². The van der Waals surface area contributed by atoms with Gasteiger partial charge in [0.1, 0.15) is 6.07 Å². The first-order valence-electron chi connectivity index (χ1n) is 9.33. The van der Waals surface area contributed by atoms with Crippen molar-refractivity contribution in [3.63, 3.8) is 0 Å². The number of halogens is 1. The number of hydrogen-bond donors (Lipinski definition) is 0. The molecule has 0 amide bonds. The topological polar surface area (TPSA) is 23.8 Å². The summed E-state index contributed by atoms with van der Waals surface area (Å²) >= 11 is 0. The molecule has 0 bridgehead atoms. The molecule has 2 aliphatic rings. The van der Waals surface area contributed by atoms with Crippen LogP contribution in [0.3, 0.4) is 0 Å². The molecule has 2 rings (SSSR count). The van der Waals surface area contributed by atoms with Crippen LogP contribution in [0, 0.1) is 35.0 Å². The molecule has 126 valence electrons. The minimum Gasteiger partial charge on any atom is -0.195 e. The zero-order chi connectivity index (χ0) is 16.5. The molecule has 0 aromatic heterocycles. The highest BCUT2D eigenvalue weighted by molar-refractivity contribution is 5.19. The van der Waals surface area contributed by atoms with Gasteiger partial charge in [-0.05, 0) is 81.1 Å². The van der Waals surface area contributed by atoms with Gasteiger partial charge in [0, 0.05) is 0 Å². The van der Waals surface area contributed by atoms with E-state index < -0.39 is 5.83 Å². The van der Waals surface area contributed by atoms with E-state index in [1.54, 1.807) is 6.08 Å². The molecule has 0 unspecified atom stereocenters. The highest BCUT2D eigenvalue weighted by Gasteiger charge is 2.20. The molecule has 2 fully saturated rings. The SMILES string of the molecule is CC[C@H]1CC[C@H](C=CC2CCC(C=CC=C(F)C#N)CC2)CC1. The second-order valence-electron chi connectivity index (χ2n) is 7.26. The predicted octanol–water partition coefficient (Wildman–Crippen LogP) is 6.50. The van der Waals surface area contributed by atoms with Gasteiger partial charge in [-0.15, -0.1) is 0 Å². The quantitative estimate of drug-likeness (QED) is 0.323. The van der Waals surface area contributed by atoms with E-state index in [0.29, 0.717) is 5.92 Å². The van der Waals surface area contributed by atoms with Crippen molar-refractivity contribution >= 4 is 0 Å². The molecule has 0 saturated heterocycles. The summed E-state index contributed by atoms with van der Waals surface area (Å²) in [5.74, 6) is 2.35. The molecule has 0 radical (unpaired) electrons. The number of nitrogens with zero attached hydrogens (tertiary/aromatic N) is 1. The van der Waals surface area contributed by atoms with E-state index >= 15 is 0 Å². The van der Waals surface area contributed by atoms with Crippen LogP contribution in [0.4, 0.5) is 4.39 Å². The van der Waals surface area contributed by atoms with E-state index in [2.05, 4.69) is 25.2 Å². The van der Waals surface area contributed by atoms with E-state index in [9.17, 15) is 4.39 Å². The van der Waals surface area contributed by atoms with Crippen LogP contribution in [0.15, 0.2) is 36.2 Å². The average Bonchev–Trinajstić information content (AvgIpc) is 2.61. The fourth-order valence-corrected chi connectivity index (χ4v) is 3.97. The number of nitriles is 1. The van der Waals surface area contributed by atoms with Gasteiger partial charge in [0.05, 0.1) is 0 Å². The Balaban J connectivity index is 1.69. The fourth-order valence-electron chi connectivity index (χ4n) is 3.97. The van der Waals surface area contributed by atoms with Gasteiger partial charge in [0.15, 0.2) is 5.83 Å². The van der Waals surface area contributed by atoms with Crippen molar-refractivity contribution in [3.05, 3.63) is 36.2 Å². The Morgan fingerprint density at radius 2 is 1.39 bits per heavy atom. The third kappa shape index (κ3) is 6.34. The van der Waals surface area contributed by atoms with E-state index in [4.69, 9.17) is 5.26 Å². The van der Waals surface area contributed by atoms with Crippen molar-refractivity contribution in [3.8, 4) is 6.07 Å². The maximum Gasteiger partial charge on any atom is 0.199 e. The maximum absolute atomic E-state index is 12.7. The lowest BCUT2D eigenvalue weighted by molar-refractivity contribution is 0.301. The monoisotopic (exact) mass is 315 g/mol. The Labute approximate surface area is 141 Å². The summed E-state index contributed by atoms with van der Waals surface area (Å²) in [6.07, 6.45) is 21.8. The van der Waals surface area contributed by atoms with Crippen molar-refractivity contribution in [1.82, 2.24) is 0 Å². The standard InChI is InChI=1S/C21H30FN/c1-2-17-6-8-19(9-7-17)14-15-20-12-10-18(11-13-20)4-3-5-21(22)16-23/h3-5,14-15,17-20H,2,6-13H2,1H3/t17-,18?,19-,20?. The normalized spacial score (nSPS) is 33.2. The van der Waals surface area contributed by atoms with Gasteiger partial charge >= 0.3 is 0 Å². The van der Waals surface area contributed by atoms with Crippen LogP contribution in [0.1, 0.15) is 64.7 Å². The van der Waals surface area contributed by atoms with Crippen LogP contribution >= 0.6 is 0 Å². The first-order chi connectivity index (χ1) is 11.2. The van der Waals surface area contributed by atoms with Crippen molar-refractivity contribution in [2.24, 2.45) is 23.7 Å². The summed E-state index contributed by atoms with van der Waals surface area (Å²) in [6.45, 7) is 2.32. The number of hydrogen-bond acceptors (Lipinski definition) is 1. The van der Waals surface area contributed by atoms with E-state index in [1.807, 2.05) is 0 Å². The lowest BCUT2D eigenvalue weighted by Crippen LogP contribution is -2.14. The molecular weight excluding hydrogens is 285 g/mol. The Morgan fingerprint density at radius 1 is 0.913 bits per heavy atom. The molecule has 2 saturated carbocycles. The Morgan fingerprint density at radius 3 is 1.87 bits per heavy atom. The van der Waals surface area contributed by atoms with Gasteiger partial charge in [-0.1, -0.05) is 37.6 Å². The van der Waals surface area contributed by atoms with Crippen LogP contribution in [0.5, 0.6) is 0 Å². The molecular formula is C21H30FN. The summed E-state index contributed by atoms with van der Waals surface area (Å²) in [4.78, 5) is 0. The van der Waals surface area contributed by atoms with Gasteiger partial charge < -0.3 is 0 Å². The lowest BCUT2D eigenvalue weighted by atomic mass is 9.78. The smallest absolute Gasteiger partial charge is 0.195 e. The maximum atomic E-state index is 12.7. The molecule has 0 aromatic carbocycles. The Kier molecular flexibility index (Phi) is 7.59. The summed E-state index contributed by atoms with van der Waals surface area (Å²) in [5, 5.41) is 8.37. The molecule has 0 heterocycles. The second-order valence-corrected chi connectivity index (χ2v) is 7.26. The first-order valence-corrected chi connectivity index (χ1v) is 9.33. The third-order valence-corrected chi connectivity index (χ3v) is 5.67. The second kappa shape index (κ2) is 9.71. The first kappa shape index (κ1) is 18.0. The summed E-state index contributed by atoms with van der Waals surface area (Å²) in [6, 6.07) is 1.50. The highest BCUT2D eigenvalue weighted by atomic mass is 19.1.